The summed E-state index contributed by atoms with van der Waals surface area (Å²) in [4.78, 5) is 29.4. The lowest BCUT2D eigenvalue weighted by molar-refractivity contribution is -0.137. The quantitative estimate of drug-likeness (QED) is 0.245. The fourth-order valence-corrected chi connectivity index (χ4v) is 3.77. The average Bonchev–Trinajstić information content (AvgIpc) is 3.28. The van der Waals surface area contributed by atoms with Crippen LogP contribution in [0, 0.1) is 0 Å². The molecule has 36 heavy (non-hydrogen) atoms. The van der Waals surface area contributed by atoms with E-state index in [0.717, 1.165) is 12.1 Å². The number of hydrogen-bond donors (Lipinski definition) is 0. The zero-order chi connectivity index (χ0) is 26.0. The molecule has 0 aliphatic carbocycles. The van der Waals surface area contributed by atoms with E-state index in [1.165, 1.54) is 43.2 Å². The van der Waals surface area contributed by atoms with E-state index in [1.54, 1.807) is 30.3 Å². The molecule has 0 N–H and O–H groups in total. The summed E-state index contributed by atoms with van der Waals surface area (Å²) in [6.45, 7) is 0. The largest absolute Gasteiger partial charge is 0.465 e. The molecule has 0 aliphatic rings. The number of carbonyl (C=O) groups is 2. The Balaban J connectivity index is 1.86. The van der Waals surface area contributed by atoms with Crippen LogP contribution >= 0.6 is 11.6 Å². The van der Waals surface area contributed by atoms with Gasteiger partial charge in [-0.15, -0.1) is 0 Å². The molecule has 0 radical (unpaired) electrons. The molecule has 0 atom stereocenters. The number of para-hydroxylation sites is 1. The van der Waals surface area contributed by atoms with E-state index in [-0.39, 0.29) is 27.8 Å². The number of carbonyl (C=O) groups excluding carboxylic acids is 2. The zero-order valence-corrected chi connectivity index (χ0v) is 19.6. The Morgan fingerprint density at radius 2 is 1.50 bits per heavy atom. The summed E-state index contributed by atoms with van der Waals surface area (Å²) in [5.74, 6) is -1.62. The van der Waals surface area contributed by atoms with Crippen LogP contribution in [0.25, 0.3) is 28.2 Å². The monoisotopic (exact) mass is 515 g/mol. The molecule has 0 spiro atoms. The number of halogens is 4. The maximum atomic E-state index is 13.2. The van der Waals surface area contributed by atoms with Crippen molar-refractivity contribution < 1.29 is 32.2 Å². The van der Waals surface area contributed by atoms with E-state index < -0.39 is 23.7 Å². The Morgan fingerprint density at radius 1 is 0.889 bits per heavy atom. The van der Waals surface area contributed by atoms with Crippen molar-refractivity contribution in [2.75, 3.05) is 14.2 Å². The second-order valence-corrected chi connectivity index (χ2v) is 7.83. The van der Waals surface area contributed by atoms with Gasteiger partial charge < -0.3 is 9.47 Å². The highest BCUT2D eigenvalue weighted by atomic mass is 35.5. The summed E-state index contributed by atoms with van der Waals surface area (Å²) < 4.78 is 50.7. The molecular weight excluding hydrogens is 499 g/mol. The summed E-state index contributed by atoms with van der Waals surface area (Å²) in [6.07, 6.45) is -4.59. The van der Waals surface area contributed by atoms with E-state index in [2.05, 4.69) is 10.1 Å². The molecule has 4 rings (SSSR count). The Labute approximate surface area is 208 Å². The molecule has 7 nitrogen and oxygen atoms in total. The highest BCUT2D eigenvalue weighted by molar-refractivity contribution is 6.29. The topological polar surface area (TPSA) is 83.3 Å². The molecule has 0 saturated carbocycles. The maximum absolute atomic E-state index is 13.2. The number of rotatable bonds is 5. The second-order valence-electron chi connectivity index (χ2n) is 7.44. The molecule has 2 aromatic heterocycles. The zero-order valence-electron chi connectivity index (χ0n) is 18.8. The predicted molar refractivity (Wildman–Crippen MR) is 125 cm³/mol. The van der Waals surface area contributed by atoms with Gasteiger partial charge in [-0.2, -0.15) is 18.3 Å². The minimum absolute atomic E-state index is 0.0135. The third-order valence-electron chi connectivity index (χ3n) is 5.23. The summed E-state index contributed by atoms with van der Waals surface area (Å²) in [5.41, 5.74) is 0.182. The van der Waals surface area contributed by atoms with Gasteiger partial charge in [0.15, 0.2) is 5.69 Å². The minimum Gasteiger partial charge on any atom is -0.465 e. The van der Waals surface area contributed by atoms with Crippen LogP contribution in [0.1, 0.15) is 26.4 Å². The van der Waals surface area contributed by atoms with Crippen LogP contribution in [0.5, 0.6) is 0 Å². The van der Waals surface area contributed by atoms with Crippen molar-refractivity contribution in [2.45, 2.75) is 6.18 Å². The Hall–Kier alpha value is -4.18. The lowest BCUT2D eigenvalue weighted by Gasteiger charge is -2.10. The average molecular weight is 516 g/mol. The highest BCUT2D eigenvalue weighted by Gasteiger charge is 2.32. The van der Waals surface area contributed by atoms with Gasteiger partial charge in [-0.05, 0) is 24.3 Å². The fourth-order valence-electron chi connectivity index (χ4n) is 3.56. The number of esters is 2. The van der Waals surface area contributed by atoms with Crippen LogP contribution in [0.4, 0.5) is 13.2 Å². The molecule has 0 aliphatic heterocycles. The third kappa shape index (κ3) is 4.80. The smallest absolute Gasteiger partial charge is 0.416 e. The summed E-state index contributed by atoms with van der Waals surface area (Å²) >= 11 is 5.81. The number of ether oxygens (including phenoxy) is 2. The lowest BCUT2D eigenvalue weighted by atomic mass is 10.0. The first-order valence-corrected chi connectivity index (χ1v) is 10.7. The normalized spacial score (nSPS) is 11.3. The van der Waals surface area contributed by atoms with Gasteiger partial charge in [-0.1, -0.05) is 54.1 Å². The number of benzene rings is 2. The van der Waals surface area contributed by atoms with Gasteiger partial charge in [-0.25, -0.2) is 19.3 Å². The van der Waals surface area contributed by atoms with Crippen LogP contribution in [-0.4, -0.2) is 40.9 Å². The Morgan fingerprint density at radius 3 is 2.08 bits per heavy atom. The van der Waals surface area contributed by atoms with Gasteiger partial charge >= 0.3 is 18.1 Å². The van der Waals surface area contributed by atoms with Crippen molar-refractivity contribution in [3.8, 4) is 28.2 Å². The molecule has 184 valence electrons. The van der Waals surface area contributed by atoms with Gasteiger partial charge in [0, 0.05) is 11.1 Å². The lowest BCUT2D eigenvalue weighted by Crippen LogP contribution is -2.15. The SMILES string of the molecule is COC(=O)c1c(-c2ccc(-c3cc(C(F)(F)F)cc(Cl)n3)cc2)nn(-c2ccccc2)c1C(=O)OC. The molecule has 2 heterocycles. The molecule has 4 aromatic rings. The Kier molecular flexibility index (Phi) is 6.80. The van der Waals surface area contributed by atoms with E-state index in [1.807, 2.05) is 0 Å². The first-order valence-electron chi connectivity index (χ1n) is 10.3. The Bertz CT molecular complexity index is 1440. The fraction of sp³-hybridized carbons (Fsp3) is 0.120. The second kappa shape index (κ2) is 9.82. The van der Waals surface area contributed by atoms with Gasteiger partial charge in [0.2, 0.25) is 0 Å². The van der Waals surface area contributed by atoms with Gasteiger partial charge in [0.05, 0.1) is 31.2 Å². The molecule has 0 unspecified atom stereocenters. The van der Waals surface area contributed by atoms with Crippen molar-refractivity contribution in [3.05, 3.63) is 88.7 Å². The van der Waals surface area contributed by atoms with Crippen molar-refractivity contribution in [2.24, 2.45) is 0 Å². The summed E-state index contributed by atoms with van der Waals surface area (Å²) in [6, 6.07) is 16.4. The molecular formula is C25H17ClF3N3O4. The first-order chi connectivity index (χ1) is 17.1. The van der Waals surface area contributed by atoms with Crippen molar-refractivity contribution >= 4 is 23.5 Å². The number of nitrogens with zero attached hydrogens (tertiary/aromatic N) is 3. The molecule has 0 saturated heterocycles. The minimum atomic E-state index is -4.59. The standard InChI is InChI=1S/C25H17ClF3N3O4/c1-35-23(33)20-21(31-32(22(20)24(34)36-2)17-6-4-3-5-7-17)15-10-8-14(9-11-15)18-12-16(25(27,28)29)13-19(26)30-18/h3-13H,1-2H3. The first kappa shape index (κ1) is 24.9. The number of methoxy groups -OCH3 is 2. The van der Waals surface area contributed by atoms with Crippen LogP contribution in [0.15, 0.2) is 66.7 Å². The van der Waals surface area contributed by atoms with Gasteiger partial charge in [0.1, 0.15) is 16.4 Å². The van der Waals surface area contributed by atoms with Crippen LogP contribution < -0.4 is 0 Å². The molecule has 2 aromatic carbocycles. The molecule has 0 bridgehead atoms. The van der Waals surface area contributed by atoms with Gasteiger partial charge in [-0.3, -0.25) is 0 Å². The number of aromatic nitrogens is 3. The predicted octanol–water partition coefficient (Wildman–Crippen LogP) is 5.85. The highest BCUT2D eigenvalue weighted by Crippen LogP contribution is 2.34. The summed E-state index contributed by atoms with van der Waals surface area (Å²) in [5, 5.41) is 4.18. The molecule has 0 fully saturated rings. The van der Waals surface area contributed by atoms with Gasteiger partial charge in [0.25, 0.3) is 0 Å². The van der Waals surface area contributed by atoms with Crippen LogP contribution in [0.2, 0.25) is 5.15 Å². The van der Waals surface area contributed by atoms with Crippen molar-refractivity contribution in [1.82, 2.24) is 14.8 Å². The van der Waals surface area contributed by atoms with E-state index in [4.69, 9.17) is 21.1 Å². The molecule has 0 amide bonds. The number of alkyl halides is 3. The van der Waals surface area contributed by atoms with Crippen molar-refractivity contribution in [1.29, 1.82) is 0 Å². The number of pyridine rings is 1. The van der Waals surface area contributed by atoms with E-state index in [0.29, 0.717) is 16.8 Å². The number of hydrogen-bond acceptors (Lipinski definition) is 6. The van der Waals surface area contributed by atoms with E-state index in [9.17, 15) is 22.8 Å². The van der Waals surface area contributed by atoms with Crippen molar-refractivity contribution in [3.63, 3.8) is 0 Å². The van der Waals surface area contributed by atoms with E-state index >= 15 is 0 Å². The third-order valence-corrected chi connectivity index (χ3v) is 5.42. The summed E-state index contributed by atoms with van der Waals surface area (Å²) in [7, 11) is 2.34. The van der Waals surface area contributed by atoms with Crippen LogP contribution in [0.3, 0.4) is 0 Å². The molecule has 11 heteroatoms. The van der Waals surface area contributed by atoms with Crippen LogP contribution in [-0.2, 0) is 15.7 Å². The maximum Gasteiger partial charge on any atom is 0.416 e.